The summed E-state index contributed by atoms with van der Waals surface area (Å²) >= 11 is 0. The summed E-state index contributed by atoms with van der Waals surface area (Å²) in [7, 11) is 0. The molecule has 3 heterocycles. The van der Waals surface area contributed by atoms with Gasteiger partial charge in [-0.25, -0.2) is 0 Å². The molecule has 1 aromatic rings. The number of nitrogens with zero attached hydrogens (tertiary/aromatic N) is 2. The largest absolute Gasteiger partial charge is 1.00 e. The SMILES string of the molecule is CC1(C)CC2/C(=C\c3cc(C(N)=O)ccn3)C(=O)N2[C@H]1C(=O)[O-].[Na+]. The summed E-state index contributed by atoms with van der Waals surface area (Å²) in [6, 6.07) is 1.80. The molecule has 2 saturated heterocycles. The van der Waals surface area contributed by atoms with E-state index < -0.39 is 23.3 Å². The molecule has 1 aromatic heterocycles. The average molecular weight is 337 g/mol. The smallest absolute Gasteiger partial charge is 0.548 e. The van der Waals surface area contributed by atoms with Crippen LogP contribution >= 0.6 is 0 Å². The average Bonchev–Trinajstić information content (AvgIpc) is 2.73. The van der Waals surface area contributed by atoms with Gasteiger partial charge in [-0.15, -0.1) is 0 Å². The van der Waals surface area contributed by atoms with Gasteiger partial charge in [0.25, 0.3) is 5.91 Å². The molecule has 0 aliphatic carbocycles. The summed E-state index contributed by atoms with van der Waals surface area (Å²) in [6.45, 7) is 3.62. The van der Waals surface area contributed by atoms with Gasteiger partial charge in [0.15, 0.2) is 0 Å². The molecular weight excluding hydrogens is 321 g/mol. The number of nitrogens with two attached hydrogens (primary N) is 1. The van der Waals surface area contributed by atoms with Gasteiger partial charge in [0, 0.05) is 17.3 Å². The zero-order chi connectivity index (χ0) is 16.9. The number of hydrogen-bond acceptors (Lipinski definition) is 5. The molecule has 3 rings (SSSR count). The molecule has 0 radical (unpaired) electrons. The van der Waals surface area contributed by atoms with Crippen LogP contribution in [0, 0.1) is 5.41 Å². The second kappa shape index (κ2) is 6.31. The van der Waals surface area contributed by atoms with Crippen LogP contribution in [-0.4, -0.2) is 39.8 Å². The van der Waals surface area contributed by atoms with Gasteiger partial charge in [-0.05, 0) is 30.0 Å². The molecule has 120 valence electrons. The summed E-state index contributed by atoms with van der Waals surface area (Å²) < 4.78 is 0. The number of pyridine rings is 1. The second-order valence-corrected chi connectivity index (χ2v) is 6.58. The molecule has 8 heteroatoms. The maximum Gasteiger partial charge on any atom is 1.00 e. The number of rotatable bonds is 3. The number of hydrogen-bond donors (Lipinski definition) is 1. The number of aliphatic carboxylic acids is 1. The van der Waals surface area contributed by atoms with E-state index in [2.05, 4.69) is 4.98 Å². The number of primary amides is 1. The standard InChI is InChI=1S/C16H17N3O4.Na/c1-16(2)7-11-10(14(21)19(11)12(16)15(22)23)6-9-5-8(13(17)20)3-4-18-9;/h3-6,11-12H,7H2,1-2H3,(H2,17,20)(H,22,23);/q;+1/p-1/b10-6+;/t11?,12-;/m0./s1. The zero-order valence-electron chi connectivity index (χ0n) is 13.8. The van der Waals surface area contributed by atoms with E-state index in [1.807, 2.05) is 13.8 Å². The van der Waals surface area contributed by atoms with Gasteiger partial charge in [0.2, 0.25) is 5.91 Å². The number of amides is 2. The molecule has 1 unspecified atom stereocenters. The molecule has 0 spiro atoms. The summed E-state index contributed by atoms with van der Waals surface area (Å²) in [5.74, 6) is -2.15. The fourth-order valence-corrected chi connectivity index (χ4v) is 3.44. The molecule has 0 bridgehead atoms. The van der Waals surface area contributed by atoms with E-state index in [9.17, 15) is 19.5 Å². The maximum absolute atomic E-state index is 12.3. The number of carbonyl (C=O) groups excluding carboxylic acids is 3. The van der Waals surface area contributed by atoms with Crippen LogP contribution in [0.15, 0.2) is 23.9 Å². The summed E-state index contributed by atoms with van der Waals surface area (Å²) in [6.07, 6.45) is 3.57. The quantitative estimate of drug-likeness (QED) is 0.346. The van der Waals surface area contributed by atoms with E-state index in [4.69, 9.17) is 5.73 Å². The number of β-lactam (4-membered cyclic amide) rings is 1. The number of aromatic nitrogens is 1. The van der Waals surface area contributed by atoms with Crippen LogP contribution in [0.1, 0.15) is 36.3 Å². The molecule has 2 aliphatic heterocycles. The minimum absolute atomic E-state index is 0. The third-order valence-electron chi connectivity index (χ3n) is 4.51. The summed E-state index contributed by atoms with van der Waals surface area (Å²) in [4.78, 5) is 40.3. The van der Waals surface area contributed by atoms with E-state index in [1.165, 1.54) is 23.2 Å². The molecule has 7 nitrogen and oxygen atoms in total. The van der Waals surface area contributed by atoms with Crippen LogP contribution in [0.25, 0.3) is 6.08 Å². The van der Waals surface area contributed by atoms with Gasteiger partial charge in [-0.2, -0.15) is 0 Å². The monoisotopic (exact) mass is 337 g/mol. The van der Waals surface area contributed by atoms with E-state index in [0.29, 0.717) is 23.3 Å². The van der Waals surface area contributed by atoms with Gasteiger partial charge in [0.1, 0.15) is 0 Å². The van der Waals surface area contributed by atoms with Crippen LogP contribution in [0.4, 0.5) is 0 Å². The normalized spacial score (nSPS) is 25.7. The van der Waals surface area contributed by atoms with Crippen molar-refractivity contribution in [1.29, 1.82) is 0 Å². The van der Waals surface area contributed by atoms with Crippen LogP contribution in [0.3, 0.4) is 0 Å². The molecule has 2 aliphatic rings. The summed E-state index contributed by atoms with van der Waals surface area (Å²) in [5.41, 5.74) is 5.91. The molecule has 2 N–H and O–H groups in total. The molecule has 2 amide bonds. The Kier molecular flexibility index (Phi) is 4.90. The van der Waals surface area contributed by atoms with Crippen molar-refractivity contribution in [2.75, 3.05) is 0 Å². The Morgan fingerprint density at radius 2 is 2.12 bits per heavy atom. The van der Waals surface area contributed by atoms with Gasteiger partial charge < -0.3 is 20.5 Å². The van der Waals surface area contributed by atoms with Crippen molar-refractivity contribution in [1.82, 2.24) is 9.88 Å². The Balaban J connectivity index is 0.00000208. The van der Waals surface area contributed by atoms with Crippen LogP contribution in [0.5, 0.6) is 0 Å². The van der Waals surface area contributed by atoms with Crippen molar-refractivity contribution in [3.63, 3.8) is 0 Å². The van der Waals surface area contributed by atoms with Crippen LogP contribution in [-0.2, 0) is 9.59 Å². The number of carbonyl (C=O) groups is 3. The fourth-order valence-electron chi connectivity index (χ4n) is 3.44. The molecule has 24 heavy (non-hydrogen) atoms. The van der Waals surface area contributed by atoms with E-state index in [-0.39, 0.29) is 41.5 Å². The van der Waals surface area contributed by atoms with E-state index in [1.54, 1.807) is 6.08 Å². The topological polar surface area (TPSA) is 116 Å². The maximum atomic E-state index is 12.3. The van der Waals surface area contributed by atoms with Crippen molar-refractivity contribution in [2.45, 2.75) is 32.4 Å². The molecule has 2 fully saturated rings. The number of fused-ring (bicyclic) bond motifs is 1. The predicted octanol–water partition coefficient (Wildman–Crippen LogP) is -3.67. The third-order valence-corrected chi connectivity index (χ3v) is 4.51. The van der Waals surface area contributed by atoms with Gasteiger partial charge in [0.05, 0.1) is 23.7 Å². The van der Waals surface area contributed by atoms with E-state index in [0.717, 1.165) is 0 Å². The molecular formula is C16H16N3NaO4. The molecule has 0 saturated carbocycles. The first kappa shape index (κ1) is 18.6. The minimum Gasteiger partial charge on any atom is -0.548 e. The van der Waals surface area contributed by atoms with Crippen LogP contribution < -0.4 is 40.4 Å². The van der Waals surface area contributed by atoms with Gasteiger partial charge in [-0.1, -0.05) is 13.8 Å². The fraction of sp³-hybridized carbons (Fsp3) is 0.375. The number of carboxylic acid groups (broad SMARTS) is 1. The minimum atomic E-state index is -1.24. The molecule has 2 atom stereocenters. The first-order valence-electron chi connectivity index (χ1n) is 7.23. The van der Waals surface area contributed by atoms with E-state index >= 15 is 0 Å². The Morgan fingerprint density at radius 1 is 1.46 bits per heavy atom. The van der Waals surface area contributed by atoms with Crippen molar-refractivity contribution >= 4 is 23.9 Å². The Morgan fingerprint density at radius 3 is 2.71 bits per heavy atom. The third kappa shape index (κ3) is 2.87. The first-order valence-corrected chi connectivity index (χ1v) is 7.23. The Hall–Kier alpha value is -1.70. The van der Waals surface area contributed by atoms with Crippen molar-refractivity contribution < 1.29 is 49.0 Å². The van der Waals surface area contributed by atoms with Crippen molar-refractivity contribution in [2.24, 2.45) is 11.1 Å². The second-order valence-electron chi connectivity index (χ2n) is 6.58. The van der Waals surface area contributed by atoms with Crippen molar-refractivity contribution in [3.8, 4) is 0 Å². The Bertz CT molecular complexity index is 759. The first-order chi connectivity index (χ1) is 10.7. The zero-order valence-corrected chi connectivity index (χ0v) is 15.8. The summed E-state index contributed by atoms with van der Waals surface area (Å²) in [5, 5.41) is 11.3. The predicted molar refractivity (Wildman–Crippen MR) is 78.6 cm³/mol. The number of carboxylic acids is 1. The van der Waals surface area contributed by atoms with Crippen LogP contribution in [0.2, 0.25) is 0 Å². The van der Waals surface area contributed by atoms with Gasteiger partial charge >= 0.3 is 29.6 Å². The van der Waals surface area contributed by atoms with Gasteiger partial charge in [-0.3, -0.25) is 14.6 Å². The van der Waals surface area contributed by atoms with Crippen molar-refractivity contribution in [3.05, 3.63) is 35.2 Å². The molecule has 0 aromatic carbocycles. The Labute approximate surface area is 161 Å².